The van der Waals surface area contributed by atoms with Crippen molar-refractivity contribution in [1.29, 1.82) is 0 Å². The minimum atomic E-state index is -1.61. The number of aromatic amines is 1. The fourth-order valence-electron chi connectivity index (χ4n) is 3.98. The van der Waals surface area contributed by atoms with Crippen LogP contribution in [0.1, 0.15) is 34.1 Å². The molecule has 0 spiro atoms. The van der Waals surface area contributed by atoms with Crippen LogP contribution in [0.15, 0.2) is 11.5 Å². The van der Waals surface area contributed by atoms with Crippen LogP contribution >= 0.6 is 11.8 Å². The van der Waals surface area contributed by atoms with Crippen molar-refractivity contribution in [2.75, 3.05) is 6.61 Å². The van der Waals surface area contributed by atoms with Crippen molar-refractivity contribution in [1.82, 2.24) is 20.5 Å². The Morgan fingerprint density at radius 2 is 2.14 bits per heavy atom. The zero-order chi connectivity index (χ0) is 20.7. The average molecular weight is 412 g/mol. The van der Waals surface area contributed by atoms with Crippen molar-refractivity contribution in [2.24, 2.45) is 17.8 Å². The zero-order valence-electron chi connectivity index (χ0n) is 16.1. The quantitative estimate of drug-likeness (QED) is 0.591. The normalized spacial score (nSPS) is 31.0. The van der Waals surface area contributed by atoms with E-state index < -0.39 is 41.0 Å². The number of carboxylic acids is 1. The average Bonchev–Trinajstić information content (AvgIpc) is 2.95. The van der Waals surface area contributed by atoms with E-state index in [9.17, 15) is 19.5 Å². The summed E-state index contributed by atoms with van der Waals surface area (Å²) in [4.78, 5) is 41.1. The van der Waals surface area contributed by atoms with Crippen LogP contribution in [-0.2, 0) is 19.1 Å². The van der Waals surface area contributed by atoms with Gasteiger partial charge in [-0.2, -0.15) is 0 Å². The molecule has 1 aromatic heterocycles. The van der Waals surface area contributed by atoms with Gasteiger partial charge in [0.1, 0.15) is 17.5 Å². The lowest BCUT2D eigenvalue weighted by Crippen LogP contribution is -2.57. The highest BCUT2D eigenvalue weighted by Gasteiger charge is 2.76. The summed E-state index contributed by atoms with van der Waals surface area (Å²) in [5, 5.41) is 19.4. The second-order valence-corrected chi connectivity index (χ2v) is 9.13. The third-order valence-corrected chi connectivity index (χ3v) is 6.10. The lowest BCUT2D eigenvalue weighted by molar-refractivity contribution is -0.148. The van der Waals surface area contributed by atoms with Gasteiger partial charge in [0.15, 0.2) is 0 Å². The number of carboxylic acid groups (broad SMARTS) is 1. The smallest absolute Gasteiger partial charge is 0.408 e. The number of carbonyl (C=O) groups is 3. The molecule has 2 aliphatic carbocycles. The fourth-order valence-corrected chi connectivity index (χ4v) is 5.31. The SMILES string of the molecule is CCOC(=O)[C@H]1C2[C@@H](Sc3nc[nH]n3)C[C@@](NC(=O)OC(C)(C)C)(C(=O)O)[C@@H]21. The Kier molecular flexibility index (Phi) is 5.30. The minimum absolute atomic E-state index is 0.131. The Labute approximate surface area is 166 Å². The number of hydrogen-bond acceptors (Lipinski definition) is 8. The Morgan fingerprint density at radius 1 is 1.43 bits per heavy atom. The maximum atomic E-state index is 12.4. The number of carbonyl (C=O) groups excluding carboxylic acids is 2. The molecule has 0 radical (unpaired) electrons. The predicted octanol–water partition coefficient (Wildman–Crippen LogP) is 1.44. The number of ether oxygens (including phenoxy) is 2. The van der Waals surface area contributed by atoms with E-state index in [1.54, 1.807) is 27.7 Å². The number of esters is 1. The van der Waals surface area contributed by atoms with E-state index in [4.69, 9.17) is 9.47 Å². The van der Waals surface area contributed by atoms with Crippen LogP contribution in [0.3, 0.4) is 0 Å². The maximum absolute atomic E-state index is 12.4. The van der Waals surface area contributed by atoms with Crippen LogP contribution < -0.4 is 5.32 Å². The summed E-state index contributed by atoms with van der Waals surface area (Å²) < 4.78 is 10.4. The topological polar surface area (TPSA) is 144 Å². The van der Waals surface area contributed by atoms with Crippen LogP contribution in [0, 0.1) is 17.8 Å². The molecule has 5 atom stereocenters. The molecule has 0 saturated heterocycles. The molecule has 0 bridgehead atoms. The molecule has 3 N–H and O–H groups in total. The van der Waals surface area contributed by atoms with Gasteiger partial charge in [0.05, 0.1) is 12.5 Å². The van der Waals surface area contributed by atoms with E-state index in [0.29, 0.717) is 5.16 Å². The summed E-state index contributed by atoms with van der Waals surface area (Å²) >= 11 is 1.29. The second-order valence-electron chi connectivity index (χ2n) is 7.93. The standard InChI is InChI=1S/C17H24N4O6S/c1-5-26-12(22)10-9-8(28-14-18-7-19-21-14)6-17(11(9)10,13(23)24)20-15(25)27-16(2,3)4/h7-11H,5-6H2,1-4H3,(H,20,25)(H,23,24)(H,18,19,21)/t8-,9?,10-,11-,17-/m0/s1. The molecular formula is C17H24N4O6S. The van der Waals surface area contributed by atoms with Crippen LogP contribution in [0.25, 0.3) is 0 Å². The number of thioether (sulfide) groups is 1. The number of nitrogens with one attached hydrogen (secondary N) is 2. The predicted molar refractivity (Wildman–Crippen MR) is 97.5 cm³/mol. The van der Waals surface area contributed by atoms with E-state index in [-0.39, 0.29) is 24.2 Å². The van der Waals surface area contributed by atoms with E-state index in [1.807, 2.05) is 0 Å². The lowest BCUT2D eigenvalue weighted by Gasteiger charge is -2.31. The molecule has 2 fully saturated rings. The van der Waals surface area contributed by atoms with Gasteiger partial charge in [-0.15, -0.1) is 5.10 Å². The van der Waals surface area contributed by atoms with Gasteiger partial charge in [-0.3, -0.25) is 9.89 Å². The highest BCUT2D eigenvalue weighted by molar-refractivity contribution is 7.99. The summed E-state index contributed by atoms with van der Waals surface area (Å²) in [5.74, 6) is -3.08. The van der Waals surface area contributed by atoms with Gasteiger partial charge in [-0.25, -0.2) is 14.6 Å². The Balaban J connectivity index is 1.86. The maximum Gasteiger partial charge on any atom is 0.408 e. The van der Waals surface area contributed by atoms with Gasteiger partial charge in [0, 0.05) is 11.2 Å². The number of aliphatic carboxylic acids is 1. The summed E-state index contributed by atoms with van der Waals surface area (Å²) in [5.41, 5.74) is -2.39. The van der Waals surface area contributed by atoms with Gasteiger partial charge < -0.3 is 19.9 Å². The van der Waals surface area contributed by atoms with Gasteiger partial charge >= 0.3 is 18.0 Å². The number of amides is 1. The first-order chi connectivity index (χ1) is 13.1. The third kappa shape index (κ3) is 3.80. The number of nitrogens with zero attached hydrogens (tertiary/aromatic N) is 2. The number of fused-ring (bicyclic) bond motifs is 1. The van der Waals surface area contributed by atoms with E-state index in [2.05, 4.69) is 20.5 Å². The van der Waals surface area contributed by atoms with E-state index >= 15 is 0 Å². The van der Waals surface area contributed by atoms with Gasteiger partial charge in [-0.05, 0) is 40.0 Å². The molecule has 0 aliphatic heterocycles. The molecule has 10 nitrogen and oxygen atoms in total. The Bertz CT molecular complexity index is 764. The molecule has 11 heteroatoms. The number of alkyl carbamates (subject to hydrolysis) is 1. The van der Waals surface area contributed by atoms with Crippen LogP contribution in [0.5, 0.6) is 0 Å². The van der Waals surface area contributed by atoms with Crippen LogP contribution in [0.4, 0.5) is 4.79 Å². The molecule has 3 rings (SSSR count). The second kappa shape index (κ2) is 7.26. The first-order valence-electron chi connectivity index (χ1n) is 9.02. The first-order valence-corrected chi connectivity index (χ1v) is 9.90. The number of H-pyrrole nitrogens is 1. The fraction of sp³-hybridized carbons (Fsp3) is 0.706. The van der Waals surface area contributed by atoms with E-state index in [0.717, 1.165) is 0 Å². The summed E-state index contributed by atoms with van der Waals surface area (Å²) in [6.07, 6.45) is 0.728. The molecule has 2 aliphatic rings. The van der Waals surface area contributed by atoms with E-state index in [1.165, 1.54) is 18.1 Å². The number of rotatable bonds is 6. The highest BCUT2D eigenvalue weighted by Crippen LogP contribution is 2.66. The number of aromatic nitrogens is 3. The molecule has 1 aromatic rings. The summed E-state index contributed by atoms with van der Waals surface area (Å²) in [7, 11) is 0. The van der Waals surface area contributed by atoms with Gasteiger partial charge in [0.2, 0.25) is 5.16 Å². The molecule has 1 heterocycles. The van der Waals surface area contributed by atoms with Crippen molar-refractivity contribution < 1.29 is 29.0 Å². The van der Waals surface area contributed by atoms with Crippen molar-refractivity contribution in [3.8, 4) is 0 Å². The highest BCUT2D eigenvalue weighted by atomic mass is 32.2. The molecule has 1 unspecified atom stereocenters. The van der Waals surface area contributed by atoms with Crippen molar-refractivity contribution in [3.05, 3.63) is 6.33 Å². The van der Waals surface area contributed by atoms with Crippen molar-refractivity contribution in [3.63, 3.8) is 0 Å². The van der Waals surface area contributed by atoms with Crippen molar-refractivity contribution in [2.45, 2.75) is 55.7 Å². The molecule has 28 heavy (non-hydrogen) atoms. The monoisotopic (exact) mass is 412 g/mol. The Morgan fingerprint density at radius 3 is 2.68 bits per heavy atom. The molecular weight excluding hydrogens is 388 g/mol. The Hall–Kier alpha value is -2.30. The van der Waals surface area contributed by atoms with Crippen LogP contribution in [0.2, 0.25) is 0 Å². The largest absolute Gasteiger partial charge is 0.479 e. The van der Waals surface area contributed by atoms with Crippen LogP contribution in [-0.4, -0.2) is 61.3 Å². The number of hydrogen-bond donors (Lipinski definition) is 3. The summed E-state index contributed by atoms with van der Waals surface area (Å²) in [6.45, 7) is 6.97. The minimum Gasteiger partial charge on any atom is -0.479 e. The third-order valence-electron chi connectivity index (χ3n) is 4.91. The molecule has 0 aromatic carbocycles. The molecule has 1 amide bonds. The van der Waals surface area contributed by atoms with Gasteiger partial charge in [0.25, 0.3) is 0 Å². The first kappa shape index (κ1) is 20.4. The van der Waals surface area contributed by atoms with Gasteiger partial charge in [-0.1, -0.05) is 11.8 Å². The zero-order valence-corrected chi connectivity index (χ0v) is 16.9. The summed E-state index contributed by atoms with van der Waals surface area (Å²) in [6, 6.07) is 0. The molecule has 2 saturated carbocycles. The van der Waals surface area contributed by atoms with Crippen molar-refractivity contribution >= 4 is 29.8 Å². The lowest BCUT2D eigenvalue weighted by atomic mass is 9.90. The molecule has 154 valence electrons.